The minimum atomic E-state index is -4.25. The second-order valence-corrected chi connectivity index (χ2v) is 7.54. The molecule has 0 atom stereocenters. The Morgan fingerprint density at radius 3 is 1.90 bits per heavy atom. The molecule has 0 amide bonds. The maximum atomic E-state index is 11.4. The van der Waals surface area contributed by atoms with Crippen molar-refractivity contribution in [3.05, 3.63) is 0 Å². The van der Waals surface area contributed by atoms with Crippen LogP contribution in [-0.2, 0) is 16.3 Å². The fourth-order valence-corrected chi connectivity index (χ4v) is 0.844. The first-order valence-electron chi connectivity index (χ1n) is 2.47. The molecule has 10 heavy (non-hydrogen) atoms. The average Bonchev–Trinajstić information content (AvgIpc) is 1.57. The smallest absolute Gasteiger partial charge is 0.342 e. The average molecular weight is 192 g/mol. The number of halogens is 3. The van der Waals surface area contributed by atoms with Gasteiger partial charge in [-0.2, -0.15) is 13.2 Å². The molecule has 0 fully saturated rings. The Bertz CT molecular complexity index is 149. The molecule has 0 aromatic rings. The second kappa shape index (κ2) is 3.20. The highest BCUT2D eigenvalue weighted by Gasteiger charge is 2.28. The monoisotopic (exact) mass is 192 g/mol. The van der Waals surface area contributed by atoms with Gasteiger partial charge in [-0.05, 0) is 13.3 Å². The van der Waals surface area contributed by atoms with Gasteiger partial charge in [-0.1, -0.05) is 11.8 Å². The summed E-state index contributed by atoms with van der Waals surface area (Å²) in [4.78, 5) is 0. The van der Waals surface area contributed by atoms with Crippen molar-refractivity contribution >= 4 is 18.1 Å². The summed E-state index contributed by atoms with van der Waals surface area (Å²) in [5.74, 6) is 0. The van der Waals surface area contributed by atoms with Gasteiger partial charge in [-0.25, -0.2) is 0 Å². The first kappa shape index (κ1) is 10.4. The van der Waals surface area contributed by atoms with E-state index < -0.39 is 19.0 Å². The Morgan fingerprint density at radius 2 is 1.80 bits per heavy atom. The van der Waals surface area contributed by atoms with E-state index in [0.717, 1.165) is 0 Å². The van der Waals surface area contributed by atoms with E-state index in [2.05, 4.69) is 16.3 Å². The molecule has 0 aliphatic rings. The molecule has 0 aromatic carbocycles. The summed E-state index contributed by atoms with van der Waals surface area (Å²) in [5.41, 5.74) is 0. The van der Waals surface area contributed by atoms with E-state index >= 15 is 0 Å². The highest BCUT2D eigenvalue weighted by molar-refractivity contribution is 8.11. The van der Waals surface area contributed by atoms with Crippen molar-refractivity contribution in [1.82, 2.24) is 0 Å². The van der Waals surface area contributed by atoms with Crippen LogP contribution in [0.15, 0.2) is 0 Å². The third kappa shape index (κ3) is 8.40. The van der Waals surface area contributed by atoms with Gasteiger partial charge in [0.1, 0.15) is 6.61 Å². The molecule has 0 saturated carbocycles. The molecule has 0 saturated heterocycles. The fourth-order valence-electron chi connectivity index (χ4n) is 0.229. The molecule has 0 aliphatic heterocycles. The summed E-state index contributed by atoms with van der Waals surface area (Å²) in [5, 5.41) is 0. The molecule has 1 nitrogen and oxygen atoms in total. The lowest BCUT2D eigenvalue weighted by atomic mass is 10.7. The third-order valence-corrected chi connectivity index (χ3v) is 1.61. The van der Waals surface area contributed by atoms with Crippen molar-refractivity contribution < 1.29 is 17.7 Å². The highest BCUT2D eigenvalue weighted by atomic mass is 32.4. The van der Waals surface area contributed by atoms with Crippen LogP contribution in [0.3, 0.4) is 0 Å². The quantitative estimate of drug-likeness (QED) is 0.620. The van der Waals surface area contributed by atoms with Crippen LogP contribution in [-0.4, -0.2) is 26.1 Å². The number of hydrogen-bond acceptors (Lipinski definition) is 2. The normalized spacial score (nSPS) is 13.7. The lowest BCUT2D eigenvalue weighted by Crippen LogP contribution is -2.15. The van der Waals surface area contributed by atoms with Gasteiger partial charge >= 0.3 is 6.18 Å². The lowest BCUT2D eigenvalue weighted by Gasteiger charge is -2.12. The van der Waals surface area contributed by atoms with Crippen LogP contribution in [0.2, 0.25) is 0 Å². The van der Waals surface area contributed by atoms with Crippen molar-refractivity contribution in [3.8, 4) is 0 Å². The lowest BCUT2D eigenvalue weighted by molar-refractivity contribution is -0.152. The third-order valence-electron chi connectivity index (χ3n) is 0.539. The van der Waals surface area contributed by atoms with E-state index in [1.807, 2.05) is 0 Å². The summed E-state index contributed by atoms with van der Waals surface area (Å²) >= 11 is 4.64. The maximum Gasteiger partial charge on any atom is 0.412 e. The van der Waals surface area contributed by atoms with Gasteiger partial charge in [0.2, 0.25) is 0 Å². The summed E-state index contributed by atoms with van der Waals surface area (Å²) in [7, 11) is 0. The topological polar surface area (TPSA) is 9.23 Å². The minimum Gasteiger partial charge on any atom is -0.342 e. The molecule has 0 heterocycles. The van der Waals surface area contributed by atoms with Gasteiger partial charge in [0.25, 0.3) is 0 Å². The first-order chi connectivity index (χ1) is 4.21. The molecule has 62 valence electrons. The SMILES string of the molecule is CP(C)(=S)OCC(F)(F)F. The summed E-state index contributed by atoms with van der Waals surface area (Å²) < 4.78 is 38.7. The van der Waals surface area contributed by atoms with Gasteiger partial charge in [-0.15, -0.1) is 0 Å². The van der Waals surface area contributed by atoms with Crippen LogP contribution < -0.4 is 0 Å². The van der Waals surface area contributed by atoms with Gasteiger partial charge in [0, 0.05) is 0 Å². The Labute approximate surface area is 62.7 Å². The molecule has 0 radical (unpaired) electrons. The molecule has 0 bridgehead atoms. The van der Waals surface area contributed by atoms with Crippen LogP contribution in [0.4, 0.5) is 13.2 Å². The predicted octanol–water partition coefficient (Wildman–Crippen LogP) is 2.22. The zero-order valence-corrected chi connectivity index (χ0v) is 7.32. The Kier molecular flexibility index (Phi) is 3.33. The number of alkyl halides is 3. The second-order valence-electron chi connectivity index (χ2n) is 2.14. The van der Waals surface area contributed by atoms with E-state index in [-0.39, 0.29) is 0 Å². The van der Waals surface area contributed by atoms with E-state index in [1.165, 1.54) is 13.3 Å². The fraction of sp³-hybridized carbons (Fsp3) is 1.00. The van der Waals surface area contributed by atoms with E-state index in [9.17, 15) is 13.2 Å². The minimum absolute atomic E-state index is 1.22. The van der Waals surface area contributed by atoms with Crippen LogP contribution in [0, 0.1) is 0 Å². The van der Waals surface area contributed by atoms with Crippen LogP contribution in [0.1, 0.15) is 0 Å². The van der Waals surface area contributed by atoms with Gasteiger partial charge in [0.05, 0.1) is 6.26 Å². The van der Waals surface area contributed by atoms with Gasteiger partial charge < -0.3 is 4.52 Å². The van der Waals surface area contributed by atoms with Gasteiger partial charge in [0.15, 0.2) is 0 Å². The summed E-state index contributed by atoms with van der Waals surface area (Å²) in [6.45, 7) is 1.79. The highest BCUT2D eigenvalue weighted by Crippen LogP contribution is 2.39. The standard InChI is InChI=1S/C4H8F3OPS/c1-9(2,10)8-3-4(5,6)7/h3H2,1-2H3. The zero-order chi connectivity index (χ0) is 8.41. The van der Waals surface area contributed by atoms with Crippen molar-refractivity contribution in [2.45, 2.75) is 6.18 Å². The Morgan fingerprint density at radius 1 is 1.40 bits per heavy atom. The van der Waals surface area contributed by atoms with E-state index in [0.29, 0.717) is 0 Å². The molecular formula is C4H8F3OPS. The zero-order valence-electron chi connectivity index (χ0n) is 5.60. The Hall–Kier alpha value is 0.400. The van der Waals surface area contributed by atoms with Crippen LogP contribution >= 0.6 is 6.26 Å². The Balaban J connectivity index is 3.67. The van der Waals surface area contributed by atoms with Crippen LogP contribution in [0.5, 0.6) is 0 Å². The molecule has 0 rings (SSSR count). The summed E-state index contributed by atoms with van der Waals surface area (Å²) in [6.07, 6.45) is -6.40. The molecule has 0 spiro atoms. The van der Waals surface area contributed by atoms with Gasteiger partial charge in [-0.3, -0.25) is 0 Å². The number of rotatable bonds is 2. The van der Waals surface area contributed by atoms with Crippen molar-refractivity contribution in [2.24, 2.45) is 0 Å². The molecule has 0 aromatic heterocycles. The number of hydrogen-bond donors (Lipinski definition) is 0. The predicted molar refractivity (Wildman–Crippen MR) is 38.1 cm³/mol. The molecule has 0 N–H and O–H groups in total. The maximum absolute atomic E-state index is 11.4. The van der Waals surface area contributed by atoms with Crippen molar-refractivity contribution in [1.29, 1.82) is 0 Å². The molecule has 6 heteroatoms. The van der Waals surface area contributed by atoms with E-state index in [4.69, 9.17) is 0 Å². The largest absolute Gasteiger partial charge is 0.412 e. The molecular weight excluding hydrogens is 184 g/mol. The van der Waals surface area contributed by atoms with Crippen molar-refractivity contribution in [2.75, 3.05) is 19.9 Å². The van der Waals surface area contributed by atoms with Crippen molar-refractivity contribution in [3.63, 3.8) is 0 Å². The molecule has 0 aliphatic carbocycles. The van der Waals surface area contributed by atoms with Crippen LogP contribution in [0.25, 0.3) is 0 Å². The van der Waals surface area contributed by atoms with E-state index in [1.54, 1.807) is 0 Å². The first-order valence-corrected chi connectivity index (χ1v) is 6.08. The molecule has 0 unspecified atom stereocenters. The summed E-state index contributed by atoms with van der Waals surface area (Å²) in [6, 6.07) is 0.